The first kappa shape index (κ1) is 14.5. The number of nitrogens with zero attached hydrogens (tertiary/aromatic N) is 2. The van der Waals surface area contributed by atoms with Crippen LogP contribution in [0.1, 0.15) is 5.89 Å². The van der Waals surface area contributed by atoms with Crippen molar-refractivity contribution in [3.63, 3.8) is 0 Å². The number of thioether (sulfide) groups is 1. The molecule has 0 radical (unpaired) electrons. The number of phenols is 1. The fraction of sp³-hybridized carbons (Fsp3) is 0.125. The summed E-state index contributed by atoms with van der Waals surface area (Å²) in [4.78, 5) is 0.777. The van der Waals surface area contributed by atoms with E-state index in [-0.39, 0.29) is 5.75 Å². The van der Waals surface area contributed by atoms with Gasteiger partial charge < -0.3 is 14.3 Å². The lowest BCUT2D eigenvalue weighted by molar-refractivity contribution is 0.414. The lowest BCUT2D eigenvalue weighted by Crippen LogP contribution is -1.87. The summed E-state index contributed by atoms with van der Waals surface area (Å²) in [6.07, 6.45) is 0. The third-order valence-corrected chi connectivity index (χ3v) is 4.07. The van der Waals surface area contributed by atoms with E-state index in [0.717, 1.165) is 10.5 Å². The molecule has 0 unspecified atom stereocenters. The van der Waals surface area contributed by atoms with Gasteiger partial charge >= 0.3 is 0 Å². The van der Waals surface area contributed by atoms with E-state index in [9.17, 15) is 5.11 Å². The summed E-state index contributed by atoms with van der Waals surface area (Å²) in [5.41, 5.74) is 0.760. The van der Waals surface area contributed by atoms with Crippen molar-refractivity contribution in [2.75, 3.05) is 7.11 Å². The molecule has 112 valence electrons. The molecule has 0 saturated heterocycles. The standard InChI is InChI=1S/C16H14N2O3S/c1-20-13-8-4-2-6-11(13)16-18-17-15(21-16)10-22-14-9-5-3-7-12(14)19/h2-9,19H,10H2,1H3. The highest BCUT2D eigenvalue weighted by atomic mass is 32.2. The van der Waals surface area contributed by atoms with Gasteiger partial charge in [0.2, 0.25) is 5.89 Å². The zero-order valence-electron chi connectivity index (χ0n) is 11.9. The predicted molar refractivity (Wildman–Crippen MR) is 84.0 cm³/mol. The van der Waals surface area contributed by atoms with E-state index in [2.05, 4.69) is 10.2 Å². The van der Waals surface area contributed by atoms with Gasteiger partial charge in [0.15, 0.2) is 0 Å². The molecule has 6 heteroatoms. The van der Waals surface area contributed by atoms with Crippen molar-refractivity contribution in [2.24, 2.45) is 0 Å². The van der Waals surface area contributed by atoms with E-state index in [4.69, 9.17) is 9.15 Å². The fourth-order valence-electron chi connectivity index (χ4n) is 1.96. The van der Waals surface area contributed by atoms with Crippen LogP contribution in [0.3, 0.4) is 0 Å². The molecular formula is C16H14N2O3S. The van der Waals surface area contributed by atoms with Crippen molar-refractivity contribution in [1.29, 1.82) is 0 Å². The van der Waals surface area contributed by atoms with Gasteiger partial charge in [-0.3, -0.25) is 0 Å². The molecule has 1 heterocycles. The van der Waals surface area contributed by atoms with E-state index in [1.54, 1.807) is 19.2 Å². The normalized spacial score (nSPS) is 10.6. The second-order valence-electron chi connectivity index (χ2n) is 4.46. The second kappa shape index (κ2) is 6.53. The van der Waals surface area contributed by atoms with Gasteiger partial charge in [-0.2, -0.15) is 0 Å². The van der Waals surface area contributed by atoms with Crippen LogP contribution in [0, 0.1) is 0 Å². The van der Waals surface area contributed by atoms with Crippen LogP contribution in [-0.4, -0.2) is 22.4 Å². The number of rotatable bonds is 5. The third kappa shape index (κ3) is 3.07. The van der Waals surface area contributed by atoms with Crippen LogP contribution in [0.2, 0.25) is 0 Å². The number of methoxy groups -OCH3 is 1. The summed E-state index contributed by atoms with van der Waals surface area (Å²) in [5, 5.41) is 17.8. The van der Waals surface area contributed by atoms with Crippen molar-refractivity contribution in [3.05, 3.63) is 54.4 Å². The smallest absolute Gasteiger partial charge is 0.251 e. The Labute approximate surface area is 132 Å². The van der Waals surface area contributed by atoms with Crippen LogP contribution in [0.4, 0.5) is 0 Å². The lowest BCUT2D eigenvalue weighted by Gasteiger charge is -2.03. The van der Waals surface area contributed by atoms with Crippen molar-refractivity contribution < 1.29 is 14.3 Å². The lowest BCUT2D eigenvalue weighted by atomic mass is 10.2. The van der Waals surface area contributed by atoms with Gasteiger partial charge in [0.25, 0.3) is 5.89 Å². The highest BCUT2D eigenvalue weighted by molar-refractivity contribution is 7.98. The molecule has 0 spiro atoms. The van der Waals surface area contributed by atoms with Gasteiger partial charge in [-0.05, 0) is 24.3 Å². The number of aromatic nitrogens is 2. The summed E-state index contributed by atoms with van der Waals surface area (Å²) in [6.45, 7) is 0. The highest BCUT2D eigenvalue weighted by Gasteiger charge is 2.13. The van der Waals surface area contributed by atoms with Crippen molar-refractivity contribution in [2.45, 2.75) is 10.6 Å². The van der Waals surface area contributed by atoms with Crippen LogP contribution in [-0.2, 0) is 5.75 Å². The van der Waals surface area contributed by atoms with Gasteiger partial charge in [-0.15, -0.1) is 22.0 Å². The molecule has 0 aliphatic heterocycles. The Morgan fingerprint density at radius 1 is 1.09 bits per heavy atom. The average Bonchev–Trinajstić information content (AvgIpc) is 3.03. The summed E-state index contributed by atoms with van der Waals surface area (Å²) < 4.78 is 11.0. The van der Waals surface area contributed by atoms with Gasteiger partial charge in [0.1, 0.15) is 11.5 Å². The van der Waals surface area contributed by atoms with Gasteiger partial charge in [-0.1, -0.05) is 24.3 Å². The number of para-hydroxylation sites is 2. The Hall–Kier alpha value is -2.47. The Morgan fingerprint density at radius 3 is 2.68 bits per heavy atom. The number of hydrogen-bond acceptors (Lipinski definition) is 6. The maximum Gasteiger partial charge on any atom is 0.251 e. The van der Waals surface area contributed by atoms with E-state index in [1.165, 1.54) is 11.8 Å². The first-order chi connectivity index (χ1) is 10.8. The molecule has 1 aromatic heterocycles. The van der Waals surface area contributed by atoms with E-state index in [1.807, 2.05) is 36.4 Å². The average molecular weight is 314 g/mol. The Balaban J connectivity index is 1.75. The number of phenolic OH excluding ortho intramolecular Hbond substituents is 1. The van der Waals surface area contributed by atoms with E-state index >= 15 is 0 Å². The monoisotopic (exact) mass is 314 g/mol. The van der Waals surface area contributed by atoms with Crippen molar-refractivity contribution >= 4 is 11.8 Å². The molecule has 0 amide bonds. The Kier molecular flexibility index (Phi) is 4.29. The molecule has 2 aromatic carbocycles. The molecule has 1 N–H and O–H groups in total. The molecular weight excluding hydrogens is 300 g/mol. The maximum absolute atomic E-state index is 9.74. The van der Waals surface area contributed by atoms with Crippen LogP contribution >= 0.6 is 11.8 Å². The molecule has 3 aromatic rings. The Morgan fingerprint density at radius 2 is 1.86 bits per heavy atom. The minimum absolute atomic E-state index is 0.247. The summed E-state index contributed by atoms with van der Waals surface area (Å²) in [5.74, 6) is 2.34. The second-order valence-corrected chi connectivity index (χ2v) is 5.47. The first-order valence-corrected chi connectivity index (χ1v) is 7.63. The quantitative estimate of drug-likeness (QED) is 0.723. The molecule has 3 rings (SSSR count). The first-order valence-electron chi connectivity index (χ1n) is 6.64. The minimum atomic E-state index is 0.247. The fourth-order valence-corrected chi connectivity index (χ4v) is 2.75. The largest absolute Gasteiger partial charge is 0.507 e. The van der Waals surface area contributed by atoms with Gasteiger partial charge in [0, 0.05) is 4.90 Å². The van der Waals surface area contributed by atoms with Gasteiger partial charge in [0.05, 0.1) is 18.4 Å². The minimum Gasteiger partial charge on any atom is -0.507 e. The van der Waals surface area contributed by atoms with Crippen LogP contribution < -0.4 is 4.74 Å². The summed E-state index contributed by atoms with van der Waals surface area (Å²) in [7, 11) is 1.60. The molecule has 22 heavy (non-hydrogen) atoms. The molecule has 0 aliphatic carbocycles. The summed E-state index contributed by atoms with van der Waals surface area (Å²) in [6, 6.07) is 14.6. The molecule has 0 atom stereocenters. The molecule has 0 aliphatic rings. The van der Waals surface area contributed by atoms with E-state index < -0.39 is 0 Å². The van der Waals surface area contributed by atoms with Crippen LogP contribution in [0.15, 0.2) is 57.8 Å². The number of aromatic hydroxyl groups is 1. The van der Waals surface area contributed by atoms with Crippen LogP contribution in [0.25, 0.3) is 11.5 Å². The number of benzene rings is 2. The number of ether oxygens (including phenoxy) is 1. The van der Waals surface area contributed by atoms with E-state index in [0.29, 0.717) is 23.3 Å². The number of hydrogen-bond donors (Lipinski definition) is 1. The molecule has 0 bridgehead atoms. The zero-order valence-corrected chi connectivity index (χ0v) is 12.7. The maximum atomic E-state index is 9.74. The SMILES string of the molecule is COc1ccccc1-c1nnc(CSc2ccccc2O)o1. The molecule has 5 nitrogen and oxygen atoms in total. The zero-order chi connectivity index (χ0) is 15.4. The summed E-state index contributed by atoms with van der Waals surface area (Å²) >= 11 is 1.44. The van der Waals surface area contributed by atoms with Gasteiger partial charge in [-0.25, -0.2) is 0 Å². The topological polar surface area (TPSA) is 68.4 Å². The van der Waals surface area contributed by atoms with Crippen molar-refractivity contribution in [3.8, 4) is 23.0 Å². The van der Waals surface area contributed by atoms with Crippen molar-refractivity contribution in [1.82, 2.24) is 10.2 Å². The highest BCUT2D eigenvalue weighted by Crippen LogP contribution is 2.32. The van der Waals surface area contributed by atoms with Crippen LogP contribution in [0.5, 0.6) is 11.5 Å². The Bertz CT molecular complexity index is 773. The molecule has 0 saturated carbocycles. The predicted octanol–water partition coefficient (Wildman–Crippen LogP) is 3.74. The molecule has 0 fully saturated rings. The third-order valence-electron chi connectivity index (χ3n) is 3.02.